The predicted molar refractivity (Wildman–Crippen MR) is 125 cm³/mol. The van der Waals surface area contributed by atoms with Crippen LogP contribution in [0.15, 0.2) is 24.4 Å². The van der Waals surface area contributed by atoms with Crippen LogP contribution < -0.4 is 15.4 Å². The first kappa shape index (κ1) is 23.1. The van der Waals surface area contributed by atoms with E-state index in [9.17, 15) is 0 Å². The largest absolute Gasteiger partial charge is 0.477 e. The smallest absolute Gasteiger partial charge is 0.222 e. The summed E-state index contributed by atoms with van der Waals surface area (Å²) in [7, 11) is 1.73. The second-order valence-electron chi connectivity index (χ2n) is 7.61. The normalized spacial score (nSPS) is 11.8. The molecule has 10 nitrogen and oxygen atoms in total. The minimum absolute atomic E-state index is 0.206. The summed E-state index contributed by atoms with van der Waals surface area (Å²) in [5.41, 5.74) is 3.96. The van der Waals surface area contributed by atoms with Crippen molar-refractivity contribution in [1.29, 1.82) is 5.41 Å². The molecule has 10 heteroatoms. The molecule has 0 amide bonds. The van der Waals surface area contributed by atoms with Gasteiger partial charge in [-0.25, -0.2) is 9.97 Å². The number of hydrogen-bond acceptors (Lipinski definition) is 9. The Morgan fingerprint density at radius 1 is 1.31 bits per heavy atom. The number of nitrogens with zero attached hydrogens (tertiary/aromatic N) is 6. The van der Waals surface area contributed by atoms with Gasteiger partial charge in [-0.15, -0.1) is 10.2 Å². The lowest BCUT2D eigenvalue weighted by Gasteiger charge is -2.21. The third kappa shape index (κ3) is 5.57. The Morgan fingerprint density at radius 3 is 2.78 bits per heavy atom. The number of pyridine rings is 2. The number of ether oxygens (including phenoxy) is 1. The third-order valence-electron chi connectivity index (χ3n) is 4.85. The lowest BCUT2D eigenvalue weighted by molar-refractivity contribution is 0.306. The van der Waals surface area contributed by atoms with E-state index >= 15 is 0 Å². The summed E-state index contributed by atoms with van der Waals surface area (Å²) in [6.07, 6.45) is 3.51. The van der Waals surface area contributed by atoms with Gasteiger partial charge in [-0.3, -0.25) is 0 Å². The van der Waals surface area contributed by atoms with Gasteiger partial charge in [-0.2, -0.15) is 4.80 Å². The summed E-state index contributed by atoms with van der Waals surface area (Å²) >= 11 is 0. The number of aromatic nitrogens is 6. The van der Waals surface area contributed by atoms with Crippen molar-refractivity contribution in [2.45, 2.75) is 53.1 Å². The molecule has 3 rings (SSSR count). The minimum Gasteiger partial charge on any atom is -0.477 e. The van der Waals surface area contributed by atoms with Crippen LogP contribution in [0, 0.1) is 5.41 Å². The van der Waals surface area contributed by atoms with E-state index < -0.39 is 0 Å². The van der Waals surface area contributed by atoms with Crippen LogP contribution in [0.2, 0.25) is 0 Å². The van der Waals surface area contributed by atoms with E-state index in [1.807, 2.05) is 18.2 Å². The van der Waals surface area contributed by atoms with Crippen molar-refractivity contribution in [1.82, 2.24) is 30.2 Å². The van der Waals surface area contributed by atoms with Crippen LogP contribution in [-0.2, 0) is 13.6 Å². The van der Waals surface area contributed by atoms with Gasteiger partial charge in [0.15, 0.2) is 5.82 Å². The highest BCUT2D eigenvalue weighted by molar-refractivity contribution is 6.03. The van der Waals surface area contributed by atoms with Gasteiger partial charge in [-0.1, -0.05) is 13.8 Å². The lowest BCUT2D eigenvalue weighted by atomic mass is 10.1. The fourth-order valence-corrected chi connectivity index (χ4v) is 3.06. The first-order chi connectivity index (χ1) is 15.4. The maximum Gasteiger partial charge on any atom is 0.222 e. The minimum atomic E-state index is 0.206. The molecule has 1 atom stereocenters. The summed E-state index contributed by atoms with van der Waals surface area (Å²) in [5.74, 6) is 1.10. The van der Waals surface area contributed by atoms with E-state index in [1.165, 1.54) is 4.80 Å². The third-order valence-corrected chi connectivity index (χ3v) is 4.85. The van der Waals surface area contributed by atoms with E-state index in [0.717, 1.165) is 29.8 Å². The number of tetrazole rings is 1. The molecule has 0 aliphatic carbocycles. The average molecular weight is 438 g/mol. The fraction of sp³-hybridized carbons (Fsp3) is 0.455. The Kier molecular flexibility index (Phi) is 7.69. The standard InChI is InChI=1S/C22H31N9O/c1-6-11-32-22-16(9-8-10-24-22)17-12-18(25-13-19-28-30-31(5)29-19)21(26-14(3)7-2)20(27-17)15(4)23/h8-10,12,14,23,26H,6-7,11,13H2,1-5H3,(H,25,27). The summed E-state index contributed by atoms with van der Waals surface area (Å²) in [6, 6.07) is 5.94. The quantitative estimate of drug-likeness (QED) is 0.388. The predicted octanol–water partition coefficient (Wildman–Crippen LogP) is 3.67. The van der Waals surface area contributed by atoms with Crippen LogP contribution in [0.3, 0.4) is 0 Å². The second-order valence-corrected chi connectivity index (χ2v) is 7.61. The van der Waals surface area contributed by atoms with E-state index in [0.29, 0.717) is 42.0 Å². The van der Waals surface area contributed by atoms with Crippen molar-refractivity contribution in [2.24, 2.45) is 7.05 Å². The fourth-order valence-electron chi connectivity index (χ4n) is 3.06. The average Bonchev–Trinajstić information content (AvgIpc) is 3.21. The molecule has 0 radical (unpaired) electrons. The number of anilines is 2. The Morgan fingerprint density at radius 2 is 2.12 bits per heavy atom. The van der Waals surface area contributed by atoms with Crippen molar-refractivity contribution in [2.75, 3.05) is 17.2 Å². The molecule has 0 spiro atoms. The molecule has 0 aromatic carbocycles. The van der Waals surface area contributed by atoms with Gasteiger partial charge in [0.05, 0.1) is 48.5 Å². The van der Waals surface area contributed by atoms with Crippen molar-refractivity contribution in [3.05, 3.63) is 35.9 Å². The van der Waals surface area contributed by atoms with Crippen LogP contribution in [-0.4, -0.2) is 48.5 Å². The SMILES string of the molecule is CCCOc1ncccc1-c1cc(NCc2nnn(C)n2)c(NC(C)CC)c(C(C)=N)n1. The lowest BCUT2D eigenvalue weighted by Crippen LogP contribution is -2.19. The highest BCUT2D eigenvalue weighted by Crippen LogP contribution is 2.34. The van der Waals surface area contributed by atoms with E-state index in [2.05, 4.69) is 51.8 Å². The summed E-state index contributed by atoms with van der Waals surface area (Å²) < 4.78 is 5.85. The molecule has 3 N–H and O–H groups in total. The zero-order valence-electron chi connectivity index (χ0n) is 19.3. The van der Waals surface area contributed by atoms with Gasteiger partial charge in [0.1, 0.15) is 5.69 Å². The highest BCUT2D eigenvalue weighted by Gasteiger charge is 2.19. The van der Waals surface area contributed by atoms with Crippen LogP contribution in [0.25, 0.3) is 11.3 Å². The molecule has 0 saturated heterocycles. The van der Waals surface area contributed by atoms with Gasteiger partial charge in [0.2, 0.25) is 5.88 Å². The van der Waals surface area contributed by atoms with E-state index in [4.69, 9.17) is 15.1 Å². The zero-order chi connectivity index (χ0) is 23.1. The summed E-state index contributed by atoms with van der Waals surface area (Å²) in [5, 5.41) is 27.5. The van der Waals surface area contributed by atoms with Gasteiger partial charge in [0, 0.05) is 12.2 Å². The van der Waals surface area contributed by atoms with Gasteiger partial charge < -0.3 is 20.8 Å². The van der Waals surface area contributed by atoms with Gasteiger partial charge >= 0.3 is 0 Å². The van der Waals surface area contributed by atoms with Gasteiger partial charge in [-0.05, 0) is 50.1 Å². The Labute approximate surface area is 188 Å². The maximum absolute atomic E-state index is 8.38. The van der Waals surface area contributed by atoms with E-state index in [-0.39, 0.29) is 6.04 Å². The molecule has 3 aromatic rings. The number of aryl methyl sites for hydroxylation is 1. The molecule has 170 valence electrons. The van der Waals surface area contributed by atoms with Crippen molar-refractivity contribution in [3.8, 4) is 17.1 Å². The maximum atomic E-state index is 8.38. The topological polar surface area (TPSA) is 127 Å². The first-order valence-corrected chi connectivity index (χ1v) is 10.8. The molecule has 32 heavy (non-hydrogen) atoms. The molecule has 0 fully saturated rings. The zero-order valence-corrected chi connectivity index (χ0v) is 19.3. The second kappa shape index (κ2) is 10.7. The van der Waals surface area contributed by atoms with Crippen LogP contribution in [0.4, 0.5) is 11.4 Å². The summed E-state index contributed by atoms with van der Waals surface area (Å²) in [6.45, 7) is 8.95. The van der Waals surface area contributed by atoms with Crippen molar-refractivity contribution in [3.63, 3.8) is 0 Å². The molecule has 3 heterocycles. The molecule has 0 aliphatic rings. The molecule has 0 bridgehead atoms. The molecular formula is C22H31N9O. The molecule has 0 aliphatic heterocycles. The van der Waals surface area contributed by atoms with Crippen molar-refractivity contribution >= 4 is 17.1 Å². The molecule has 0 saturated carbocycles. The van der Waals surface area contributed by atoms with E-state index in [1.54, 1.807) is 20.2 Å². The van der Waals surface area contributed by atoms with Crippen LogP contribution in [0.5, 0.6) is 5.88 Å². The Bertz CT molecular complexity index is 1060. The monoisotopic (exact) mass is 437 g/mol. The molecule has 3 aromatic heterocycles. The number of nitrogens with one attached hydrogen (secondary N) is 3. The highest BCUT2D eigenvalue weighted by atomic mass is 16.5. The molecule has 1 unspecified atom stereocenters. The Hall–Kier alpha value is -3.56. The summed E-state index contributed by atoms with van der Waals surface area (Å²) in [4.78, 5) is 10.6. The Balaban J connectivity index is 2.09. The van der Waals surface area contributed by atoms with Crippen LogP contribution in [0.1, 0.15) is 52.1 Å². The van der Waals surface area contributed by atoms with Crippen LogP contribution >= 0.6 is 0 Å². The number of rotatable bonds is 11. The first-order valence-electron chi connectivity index (χ1n) is 10.8. The van der Waals surface area contributed by atoms with Crippen molar-refractivity contribution < 1.29 is 4.74 Å². The van der Waals surface area contributed by atoms with Gasteiger partial charge in [0.25, 0.3) is 0 Å². The molecular weight excluding hydrogens is 406 g/mol. The number of hydrogen-bond donors (Lipinski definition) is 3.